The zero-order chi connectivity index (χ0) is 16.9. The van der Waals surface area contributed by atoms with Gasteiger partial charge in [-0.05, 0) is 29.6 Å². The second kappa shape index (κ2) is 7.43. The number of anilines is 1. The minimum absolute atomic E-state index is 0.171. The lowest BCUT2D eigenvalue weighted by Gasteiger charge is -2.21. The van der Waals surface area contributed by atoms with E-state index in [1.807, 2.05) is 17.5 Å². The summed E-state index contributed by atoms with van der Waals surface area (Å²) in [5.74, 6) is -0.171. The molecule has 1 N–H and O–H groups in total. The summed E-state index contributed by atoms with van der Waals surface area (Å²) in [6, 6.07) is 10.4. The predicted molar refractivity (Wildman–Crippen MR) is 94.2 cm³/mol. The number of carbonyl (C=O) groups excluding carboxylic acids is 1. The zero-order valence-electron chi connectivity index (χ0n) is 12.7. The van der Waals surface area contributed by atoms with Gasteiger partial charge in [0.25, 0.3) is 5.91 Å². The van der Waals surface area contributed by atoms with Crippen LogP contribution in [-0.2, 0) is 16.6 Å². The molecule has 0 radical (unpaired) electrons. The molecule has 0 unspecified atom stereocenters. The van der Waals surface area contributed by atoms with Crippen LogP contribution < -0.4 is 4.72 Å². The number of thiophene rings is 1. The van der Waals surface area contributed by atoms with Crippen LogP contribution >= 0.6 is 11.3 Å². The molecule has 0 spiro atoms. The number of hydrogen-bond acceptors (Lipinski definition) is 4. The number of sulfonamides is 1. The minimum atomic E-state index is -3.38. The summed E-state index contributed by atoms with van der Waals surface area (Å²) in [6.45, 7) is 4.60. The van der Waals surface area contributed by atoms with Gasteiger partial charge in [0.1, 0.15) is 0 Å². The van der Waals surface area contributed by atoms with E-state index < -0.39 is 10.0 Å². The molecule has 0 atom stereocenters. The fourth-order valence-corrected chi connectivity index (χ4v) is 3.35. The third-order valence-electron chi connectivity index (χ3n) is 2.98. The van der Waals surface area contributed by atoms with Crippen molar-refractivity contribution in [2.24, 2.45) is 0 Å². The highest BCUT2D eigenvalue weighted by Gasteiger charge is 2.16. The number of nitrogens with zero attached hydrogens (tertiary/aromatic N) is 1. The Morgan fingerprint density at radius 2 is 2.13 bits per heavy atom. The Morgan fingerprint density at radius 3 is 2.74 bits per heavy atom. The highest BCUT2D eigenvalue weighted by Crippen LogP contribution is 2.17. The van der Waals surface area contributed by atoms with Gasteiger partial charge in [-0.1, -0.05) is 18.2 Å². The molecule has 122 valence electrons. The van der Waals surface area contributed by atoms with E-state index in [4.69, 9.17) is 0 Å². The van der Waals surface area contributed by atoms with Gasteiger partial charge in [-0.2, -0.15) is 0 Å². The van der Waals surface area contributed by atoms with Gasteiger partial charge in [-0.15, -0.1) is 17.9 Å². The quantitative estimate of drug-likeness (QED) is 0.781. The number of hydrogen-bond donors (Lipinski definition) is 1. The topological polar surface area (TPSA) is 66.5 Å². The standard InChI is InChI=1S/C16H18N2O3S2/c1-3-9-18(12-15-8-5-10-22-15)16(19)13-6-4-7-14(11-13)17-23(2,20)21/h3-8,10-11,17H,1,9,12H2,2H3. The third kappa shape index (κ3) is 5.22. The van der Waals surface area contributed by atoms with Crippen LogP contribution in [0.15, 0.2) is 54.4 Å². The molecule has 0 saturated heterocycles. The molecule has 0 aliphatic rings. The van der Waals surface area contributed by atoms with E-state index in [-0.39, 0.29) is 5.91 Å². The van der Waals surface area contributed by atoms with Crippen LogP contribution in [0.1, 0.15) is 15.2 Å². The van der Waals surface area contributed by atoms with Crippen molar-refractivity contribution in [1.29, 1.82) is 0 Å². The van der Waals surface area contributed by atoms with Crippen molar-refractivity contribution >= 4 is 33.0 Å². The molecule has 0 aliphatic carbocycles. The van der Waals surface area contributed by atoms with Crippen LogP contribution in [0, 0.1) is 0 Å². The van der Waals surface area contributed by atoms with Gasteiger partial charge in [-0.3, -0.25) is 9.52 Å². The molecule has 0 fully saturated rings. The number of carbonyl (C=O) groups is 1. The molecule has 0 bridgehead atoms. The van der Waals surface area contributed by atoms with E-state index in [9.17, 15) is 13.2 Å². The SMILES string of the molecule is C=CCN(Cc1cccs1)C(=O)c1cccc(NS(C)(=O)=O)c1. The van der Waals surface area contributed by atoms with Crippen LogP contribution in [0.4, 0.5) is 5.69 Å². The van der Waals surface area contributed by atoms with E-state index in [0.29, 0.717) is 24.3 Å². The van der Waals surface area contributed by atoms with E-state index in [1.165, 1.54) is 6.07 Å². The Morgan fingerprint density at radius 1 is 1.35 bits per heavy atom. The molecule has 1 aromatic heterocycles. The highest BCUT2D eigenvalue weighted by atomic mass is 32.2. The van der Waals surface area contributed by atoms with Crippen molar-refractivity contribution in [3.05, 3.63) is 64.9 Å². The minimum Gasteiger partial charge on any atom is -0.330 e. The first-order chi connectivity index (χ1) is 10.9. The molecule has 2 rings (SSSR count). The van der Waals surface area contributed by atoms with Crippen LogP contribution in [0.25, 0.3) is 0 Å². The van der Waals surface area contributed by atoms with E-state index in [0.717, 1.165) is 11.1 Å². The molecular formula is C16H18N2O3S2. The van der Waals surface area contributed by atoms with Crippen molar-refractivity contribution in [1.82, 2.24) is 4.90 Å². The first-order valence-corrected chi connectivity index (χ1v) is 9.66. The maximum absolute atomic E-state index is 12.7. The van der Waals surface area contributed by atoms with E-state index in [1.54, 1.807) is 40.5 Å². The van der Waals surface area contributed by atoms with Gasteiger partial charge >= 0.3 is 0 Å². The summed E-state index contributed by atoms with van der Waals surface area (Å²) >= 11 is 1.58. The van der Waals surface area contributed by atoms with Gasteiger partial charge < -0.3 is 4.90 Å². The first-order valence-electron chi connectivity index (χ1n) is 6.89. The molecule has 5 nitrogen and oxygen atoms in total. The summed E-state index contributed by atoms with van der Waals surface area (Å²) in [5.41, 5.74) is 0.796. The van der Waals surface area contributed by atoms with Crippen molar-refractivity contribution in [3.8, 4) is 0 Å². The van der Waals surface area contributed by atoms with Gasteiger partial charge in [0.15, 0.2) is 0 Å². The first kappa shape index (κ1) is 17.2. The van der Waals surface area contributed by atoms with Crippen molar-refractivity contribution in [2.45, 2.75) is 6.54 Å². The Bertz CT molecular complexity index is 783. The van der Waals surface area contributed by atoms with Gasteiger partial charge in [-0.25, -0.2) is 8.42 Å². The fourth-order valence-electron chi connectivity index (χ4n) is 2.08. The second-order valence-corrected chi connectivity index (χ2v) is 7.79. The van der Waals surface area contributed by atoms with Crippen molar-refractivity contribution in [2.75, 3.05) is 17.5 Å². The number of benzene rings is 1. The van der Waals surface area contributed by atoms with Crippen LogP contribution in [0.5, 0.6) is 0 Å². The van der Waals surface area contributed by atoms with Gasteiger partial charge in [0.05, 0.1) is 12.8 Å². The Labute approximate surface area is 140 Å². The van der Waals surface area contributed by atoms with Gasteiger partial charge in [0, 0.05) is 22.7 Å². The van der Waals surface area contributed by atoms with E-state index >= 15 is 0 Å². The largest absolute Gasteiger partial charge is 0.330 e. The molecule has 1 amide bonds. The maximum Gasteiger partial charge on any atom is 0.254 e. The lowest BCUT2D eigenvalue weighted by atomic mass is 10.1. The normalized spacial score (nSPS) is 11.0. The van der Waals surface area contributed by atoms with Crippen LogP contribution in [0.2, 0.25) is 0 Å². The summed E-state index contributed by atoms with van der Waals surface area (Å²) < 4.78 is 25.0. The van der Waals surface area contributed by atoms with Crippen LogP contribution in [-0.4, -0.2) is 32.0 Å². The molecule has 2 aromatic rings. The van der Waals surface area contributed by atoms with Crippen molar-refractivity contribution < 1.29 is 13.2 Å². The fraction of sp³-hybridized carbons (Fsp3) is 0.188. The number of amides is 1. The van der Waals surface area contributed by atoms with Crippen molar-refractivity contribution in [3.63, 3.8) is 0 Å². The Kier molecular flexibility index (Phi) is 5.57. The Hall–Kier alpha value is -2.12. The monoisotopic (exact) mass is 350 g/mol. The lowest BCUT2D eigenvalue weighted by Crippen LogP contribution is -2.30. The number of nitrogens with one attached hydrogen (secondary N) is 1. The van der Waals surface area contributed by atoms with E-state index in [2.05, 4.69) is 11.3 Å². The third-order valence-corrected chi connectivity index (χ3v) is 4.44. The average Bonchev–Trinajstić information content (AvgIpc) is 2.97. The average molecular weight is 350 g/mol. The maximum atomic E-state index is 12.7. The summed E-state index contributed by atoms with van der Waals surface area (Å²) in [6.07, 6.45) is 2.74. The molecule has 23 heavy (non-hydrogen) atoms. The second-order valence-electron chi connectivity index (χ2n) is 5.01. The lowest BCUT2D eigenvalue weighted by molar-refractivity contribution is 0.0764. The smallest absolute Gasteiger partial charge is 0.254 e. The predicted octanol–water partition coefficient (Wildman–Crippen LogP) is 2.95. The molecule has 1 aromatic carbocycles. The Balaban J connectivity index is 2.22. The highest BCUT2D eigenvalue weighted by molar-refractivity contribution is 7.92. The molecule has 7 heteroatoms. The molecule has 1 heterocycles. The molecule has 0 saturated carbocycles. The summed E-state index contributed by atoms with van der Waals surface area (Å²) in [5, 5.41) is 1.96. The summed E-state index contributed by atoms with van der Waals surface area (Å²) in [7, 11) is -3.38. The summed E-state index contributed by atoms with van der Waals surface area (Å²) in [4.78, 5) is 15.4. The van der Waals surface area contributed by atoms with Crippen LogP contribution in [0.3, 0.4) is 0 Å². The van der Waals surface area contributed by atoms with Gasteiger partial charge in [0.2, 0.25) is 10.0 Å². The molecular weight excluding hydrogens is 332 g/mol. The zero-order valence-corrected chi connectivity index (χ0v) is 14.4. The number of rotatable bonds is 7. The molecule has 0 aliphatic heterocycles.